The van der Waals surface area contributed by atoms with Crippen molar-refractivity contribution in [2.75, 3.05) is 17.2 Å². The molecule has 9 heteroatoms. The molecule has 1 aliphatic rings. The summed E-state index contributed by atoms with van der Waals surface area (Å²) in [6.45, 7) is 5.08. The predicted octanol–water partition coefficient (Wildman–Crippen LogP) is 5.01. The second kappa shape index (κ2) is 9.09. The third-order valence-electron chi connectivity index (χ3n) is 5.13. The largest absolute Gasteiger partial charge is 0.398 e. The Morgan fingerprint density at radius 1 is 1.28 bits per heavy atom. The van der Waals surface area contributed by atoms with Gasteiger partial charge in [-0.05, 0) is 49.8 Å². The van der Waals surface area contributed by atoms with Gasteiger partial charge >= 0.3 is 5.89 Å². The standard InChI is InChI=1S/C23H23FN2O4S2/c1-3-25-19-15-17(24)9-10-21(19)31-23(25)14-16(2)13-22-26(11-6-12-32(27,28)29)18-7-4-5-8-20(18)30-22/h4-5,7-10,13-15H,3,6,11-12H2,1-2H3/p+1. The van der Waals surface area contributed by atoms with Crippen LogP contribution < -0.4 is 9.47 Å². The lowest BCUT2D eigenvalue weighted by Crippen LogP contribution is -2.36. The number of para-hydroxylation sites is 2. The lowest BCUT2D eigenvalue weighted by molar-refractivity contribution is -0.677. The Morgan fingerprint density at radius 2 is 2.06 bits per heavy atom. The molecule has 0 atom stereocenters. The van der Waals surface area contributed by atoms with Gasteiger partial charge in [0.25, 0.3) is 15.6 Å². The third-order valence-corrected chi connectivity index (χ3v) is 7.05. The van der Waals surface area contributed by atoms with Gasteiger partial charge in [0.05, 0.1) is 22.5 Å². The summed E-state index contributed by atoms with van der Waals surface area (Å²) in [5.41, 5.74) is 3.34. The summed E-state index contributed by atoms with van der Waals surface area (Å²) in [5.74, 6) is 0.0119. The van der Waals surface area contributed by atoms with Gasteiger partial charge in [0.2, 0.25) is 5.58 Å². The van der Waals surface area contributed by atoms with Gasteiger partial charge in [0.15, 0.2) is 6.54 Å². The van der Waals surface area contributed by atoms with Crippen LogP contribution in [0.4, 0.5) is 10.1 Å². The average molecular weight is 476 g/mol. The van der Waals surface area contributed by atoms with Gasteiger partial charge in [0, 0.05) is 23.9 Å². The molecule has 1 aromatic heterocycles. The normalized spacial score (nSPS) is 15.7. The summed E-state index contributed by atoms with van der Waals surface area (Å²) in [7, 11) is -4.02. The Morgan fingerprint density at radius 3 is 2.81 bits per heavy atom. The van der Waals surface area contributed by atoms with Crippen LogP contribution in [0.5, 0.6) is 0 Å². The predicted molar refractivity (Wildman–Crippen MR) is 124 cm³/mol. The fourth-order valence-electron chi connectivity index (χ4n) is 3.74. The number of nitrogens with zero attached hydrogens (tertiary/aromatic N) is 2. The number of halogens is 1. The SMILES string of the molecule is CCN1C(=CC(C)=Cc2oc3ccccc3[n+]2CCCS(=O)(=O)O)Sc2ccc(F)cc21. The van der Waals surface area contributed by atoms with Crippen LogP contribution in [-0.4, -0.2) is 25.3 Å². The number of allylic oxidation sites excluding steroid dienone is 2. The molecule has 0 unspecified atom stereocenters. The molecule has 0 fully saturated rings. The van der Waals surface area contributed by atoms with Crippen LogP contribution in [-0.2, 0) is 16.7 Å². The van der Waals surface area contributed by atoms with Crippen molar-refractivity contribution in [2.45, 2.75) is 31.7 Å². The molecule has 168 valence electrons. The zero-order valence-electron chi connectivity index (χ0n) is 17.8. The highest BCUT2D eigenvalue weighted by atomic mass is 32.2. The summed E-state index contributed by atoms with van der Waals surface area (Å²) < 4.78 is 53.0. The minimum atomic E-state index is -4.02. The van der Waals surface area contributed by atoms with E-state index in [9.17, 15) is 12.8 Å². The van der Waals surface area contributed by atoms with E-state index in [1.54, 1.807) is 23.9 Å². The van der Waals surface area contributed by atoms with Crippen molar-refractivity contribution in [3.8, 4) is 0 Å². The summed E-state index contributed by atoms with van der Waals surface area (Å²) >= 11 is 1.59. The number of hydrogen-bond acceptors (Lipinski definition) is 5. The lowest BCUT2D eigenvalue weighted by atomic mass is 10.2. The molecule has 3 aromatic rings. The van der Waals surface area contributed by atoms with Crippen molar-refractivity contribution in [1.82, 2.24) is 0 Å². The number of rotatable bonds is 7. The van der Waals surface area contributed by atoms with E-state index in [0.717, 1.165) is 26.7 Å². The third kappa shape index (κ3) is 4.90. The van der Waals surface area contributed by atoms with Crippen molar-refractivity contribution in [3.63, 3.8) is 0 Å². The molecule has 2 heterocycles. The molecule has 0 saturated carbocycles. The molecule has 0 bridgehead atoms. The average Bonchev–Trinajstić information content (AvgIpc) is 3.24. The summed E-state index contributed by atoms with van der Waals surface area (Å²) in [4.78, 5) is 3.08. The quantitative estimate of drug-likeness (QED) is 0.382. The molecule has 1 N–H and O–H groups in total. The first-order valence-electron chi connectivity index (χ1n) is 10.3. The molecule has 0 radical (unpaired) electrons. The van der Waals surface area contributed by atoms with E-state index in [1.807, 2.05) is 54.8 Å². The lowest BCUT2D eigenvalue weighted by Gasteiger charge is -2.18. The van der Waals surface area contributed by atoms with E-state index in [1.165, 1.54) is 6.07 Å². The summed E-state index contributed by atoms with van der Waals surface area (Å²) in [6, 6.07) is 12.3. The Balaban J connectivity index is 1.66. The minimum Gasteiger partial charge on any atom is -0.398 e. The van der Waals surface area contributed by atoms with Crippen molar-refractivity contribution in [1.29, 1.82) is 0 Å². The van der Waals surface area contributed by atoms with Crippen LogP contribution in [0, 0.1) is 5.82 Å². The fourth-order valence-corrected chi connectivity index (χ4v) is 5.45. The Bertz CT molecular complexity index is 1330. The van der Waals surface area contributed by atoms with Crippen molar-refractivity contribution >= 4 is 44.7 Å². The highest BCUT2D eigenvalue weighted by Gasteiger charge is 2.25. The van der Waals surface area contributed by atoms with E-state index < -0.39 is 10.1 Å². The van der Waals surface area contributed by atoms with E-state index in [4.69, 9.17) is 8.97 Å². The number of aryl methyl sites for hydroxylation is 1. The van der Waals surface area contributed by atoms with Gasteiger partial charge in [-0.3, -0.25) is 4.55 Å². The molecule has 32 heavy (non-hydrogen) atoms. The molecule has 0 aliphatic carbocycles. The molecule has 6 nitrogen and oxygen atoms in total. The Hall–Kier alpha value is -2.62. The molecule has 4 rings (SSSR count). The highest BCUT2D eigenvalue weighted by Crippen LogP contribution is 2.46. The molecule has 0 amide bonds. The number of oxazole rings is 1. The van der Waals surface area contributed by atoms with Crippen LogP contribution in [0.15, 0.2) is 68.5 Å². The second-order valence-electron chi connectivity index (χ2n) is 7.53. The highest BCUT2D eigenvalue weighted by molar-refractivity contribution is 8.03. The van der Waals surface area contributed by atoms with Crippen LogP contribution in [0.25, 0.3) is 17.2 Å². The zero-order chi connectivity index (χ0) is 22.9. The first kappa shape index (κ1) is 22.6. The molecular weight excluding hydrogens is 451 g/mol. The van der Waals surface area contributed by atoms with Gasteiger partial charge in [-0.15, -0.1) is 0 Å². The van der Waals surface area contributed by atoms with Gasteiger partial charge < -0.3 is 9.32 Å². The van der Waals surface area contributed by atoms with Crippen LogP contribution in [0.2, 0.25) is 0 Å². The van der Waals surface area contributed by atoms with Crippen LogP contribution in [0.1, 0.15) is 26.2 Å². The first-order chi connectivity index (χ1) is 15.2. The van der Waals surface area contributed by atoms with E-state index in [2.05, 4.69) is 4.90 Å². The van der Waals surface area contributed by atoms with Crippen molar-refractivity contribution in [2.24, 2.45) is 0 Å². The van der Waals surface area contributed by atoms with Crippen LogP contribution in [0.3, 0.4) is 0 Å². The molecule has 0 saturated heterocycles. The molecule has 0 spiro atoms. The molecule has 2 aromatic carbocycles. The maximum atomic E-state index is 13.7. The summed E-state index contributed by atoms with van der Waals surface area (Å²) in [5, 5.41) is 0.996. The van der Waals surface area contributed by atoms with Gasteiger partial charge in [-0.2, -0.15) is 13.0 Å². The number of anilines is 1. The Labute approximate surface area is 190 Å². The van der Waals surface area contributed by atoms with Crippen LogP contribution >= 0.6 is 11.8 Å². The van der Waals surface area contributed by atoms with E-state index in [-0.39, 0.29) is 18.0 Å². The smallest absolute Gasteiger partial charge is 0.374 e. The maximum absolute atomic E-state index is 13.7. The minimum absolute atomic E-state index is 0.258. The van der Waals surface area contributed by atoms with Crippen molar-refractivity contribution < 1.29 is 26.3 Å². The Kier molecular flexibility index (Phi) is 6.41. The van der Waals surface area contributed by atoms with Gasteiger partial charge in [0.1, 0.15) is 5.82 Å². The van der Waals surface area contributed by atoms with E-state index >= 15 is 0 Å². The topological polar surface area (TPSA) is 74.6 Å². The number of fused-ring (bicyclic) bond motifs is 2. The molecular formula is C23H24FN2O4S2+. The van der Waals surface area contributed by atoms with Gasteiger partial charge in [-0.25, -0.2) is 4.39 Å². The number of hydrogen-bond donors (Lipinski definition) is 1. The first-order valence-corrected chi connectivity index (χ1v) is 12.7. The fraction of sp³-hybridized carbons (Fsp3) is 0.261. The molecule has 1 aliphatic heterocycles. The van der Waals surface area contributed by atoms with Gasteiger partial charge in [-0.1, -0.05) is 23.9 Å². The van der Waals surface area contributed by atoms with E-state index in [0.29, 0.717) is 24.6 Å². The second-order valence-corrected chi connectivity index (χ2v) is 10.2. The monoisotopic (exact) mass is 475 g/mol. The summed E-state index contributed by atoms with van der Waals surface area (Å²) in [6.07, 6.45) is 4.19. The number of benzene rings is 2. The maximum Gasteiger partial charge on any atom is 0.374 e. The zero-order valence-corrected chi connectivity index (χ0v) is 19.4. The number of aromatic nitrogens is 1. The number of thioether (sulfide) groups is 1. The van der Waals surface area contributed by atoms with Crippen molar-refractivity contribution in [3.05, 3.63) is 70.9 Å².